The third-order valence-corrected chi connectivity index (χ3v) is 5.58. The van der Waals surface area contributed by atoms with E-state index in [0.717, 1.165) is 74.1 Å². The van der Waals surface area contributed by atoms with E-state index in [-0.39, 0.29) is 11.9 Å². The van der Waals surface area contributed by atoms with Crippen molar-refractivity contribution >= 4 is 23.3 Å². The third-order valence-electron chi connectivity index (χ3n) is 5.58. The van der Waals surface area contributed by atoms with Gasteiger partial charge in [-0.1, -0.05) is 51.7 Å². The van der Waals surface area contributed by atoms with Crippen LogP contribution >= 0.6 is 0 Å². The van der Waals surface area contributed by atoms with Gasteiger partial charge in [-0.25, -0.2) is 9.59 Å². The number of esters is 2. The molecule has 0 atom stereocenters. The molecule has 0 heterocycles. The highest BCUT2D eigenvalue weighted by molar-refractivity contribution is 5.96. The predicted molar refractivity (Wildman–Crippen MR) is 134 cm³/mol. The lowest BCUT2D eigenvalue weighted by Gasteiger charge is -2.14. The molecule has 6 heteroatoms. The average Bonchev–Trinajstić information content (AvgIpc) is 2.84. The van der Waals surface area contributed by atoms with Crippen LogP contribution in [0.15, 0.2) is 36.4 Å². The second-order valence-corrected chi connectivity index (χ2v) is 8.19. The number of hydrogen-bond acceptors (Lipinski definition) is 6. The number of methoxy groups -OCH3 is 2. The van der Waals surface area contributed by atoms with E-state index in [9.17, 15) is 9.59 Å². The van der Waals surface area contributed by atoms with E-state index in [1.807, 2.05) is 36.4 Å². The van der Waals surface area contributed by atoms with E-state index in [2.05, 4.69) is 24.5 Å². The molecule has 0 aliphatic carbocycles. The van der Waals surface area contributed by atoms with Crippen molar-refractivity contribution < 1.29 is 19.1 Å². The highest BCUT2D eigenvalue weighted by atomic mass is 16.5. The first-order valence-electron chi connectivity index (χ1n) is 11.9. The summed E-state index contributed by atoms with van der Waals surface area (Å²) in [5.41, 5.74) is 4.54. The van der Waals surface area contributed by atoms with Gasteiger partial charge >= 0.3 is 11.9 Å². The lowest BCUT2D eigenvalue weighted by Crippen LogP contribution is -2.11. The van der Waals surface area contributed by atoms with Gasteiger partial charge in [0, 0.05) is 24.5 Å². The van der Waals surface area contributed by atoms with Gasteiger partial charge in [0.2, 0.25) is 0 Å². The lowest BCUT2D eigenvalue weighted by molar-refractivity contribution is 0.0593. The van der Waals surface area contributed by atoms with Crippen LogP contribution in [0.25, 0.3) is 0 Å². The van der Waals surface area contributed by atoms with E-state index in [1.165, 1.54) is 14.2 Å². The number of ether oxygens (including phenoxy) is 2. The summed E-state index contributed by atoms with van der Waals surface area (Å²) in [6.45, 7) is 5.95. The smallest absolute Gasteiger partial charge is 0.339 e. The van der Waals surface area contributed by atoms with Crippen molar-refractivity contribution in [2.75, 3.05) is 37.9 Å². The minimum Gasteiger partial charge on any atom is -0.465 e. The van der Waals surface area contributed by atoms with E-state index >= 15 is 0 Å². The molecule has 2 N–H and O–H groups in total. The summed E-state index contributed by atoms with van der Waals surface area (Å²) in [4.78, 5) is 24.7. The SMILES string of the molecule is CCCCCNc1ccc(Cc2ccc(NCCCCC)c(C(=O)OC)c2)cc1C(=O)OC. The normalized spacial score (nSPS) is 10.5. The van der Waals surface area contributed by atoms with Crippen LogP contribution in [0.5, 0.6) is 0 Å². The predicted octanol–water partition coefficient (Wildman–Crippen LogP) is 6.05. The third kappa shape index (κ3) is 8.12. The van der Waals surface area contributed by atoms with Crippen LogP contribution < -0.4 is 10.6 Å². The van der Waals surface area contributed by atoms with Crippen LogP contribution in [0.2, 0.25) is 0 Å². The van der Waals surface area contributed by atoms with Crippen molar-refractivity contribution in [3.8, 4) is 0 Å². The second-order valence-electron chi connectivity index (χ2n) is 8.19. The molecule has 2 aromatic rings. The molecule has 0 bridgehead atoms. The zero-order valence-corrected chi connectivity index (χ0v) is 20.5. The zero-order valence-electron chi connectivity index (χ0n) is 20.5. The number of anilines is 2. The summed E-state index contributed by atoms with van der Waals surface area (Å²) in [6.07, 6.45) is 7.26. The summed E-state index contributed by atoms with van der Waals surface area (Å²) < 4.78 is 9.99. The van der Waals surface area contributed by atoms with Gasteiger partial charge in [0.1, 0.15) is 0 Å². The van der Waals surface area contributed by atoms with Crippen molar-refractivity contribution in [3.63, 3.8) is 0 Å². The number of nitrogens with one attached hydrogen (secondary N) is 2. The molecule has 2 aromatic carbocycles. The lowest BCUT2D eigenvalue weighted by atomic mass is 9.99. The maximum absolute atomic E-state index is 12.4. The summed E-state index contributed by atoms with van der Waals surface area (Å²) in [7, 11) is 2.79. The Balaban J connectivity index is 2.22. The Hall–Kier alpha value is -3.02. The molecule has 0 radical (unpaired) electrons. The molecular formula is C27H38N2O4. The highest BCUT2D eigenvalue weighted by Gasteiger charge is 2.15. The van der Waals surface area contributed by atoms with Gasteiger partial charge in [-0.2, -0.15) is 0 Å². The van der Waals surface area contributed by atoms with Crippen molar-refractivity contribution in [1.82, 2.24) is 0 Å². The molecule has 0 unspecified atom stereocenters. The summed E-state index contributed by atoms with van der Waals surface area (Å²) in [6, 6.07) is 11.6. The number of rotatable bonds is 14. The molecule has 0 aliphatic rings. The number of hydrogen-bond donors (Lipinski definition) is 2. The largest absolute Gasteiger partial charge is 0.465 e. The van der Waals surface area contributed by atoms with Crippen molar-refractivity contribution in [2.24, 2.45) is 0 Å². The molecular weight excluding hydrogens is 416 g/mol. The van der Waals surface area contributed by atoms with Gasteiger partial charge in [0.15, 0.2) is 0 Å². The van der Waals surface area contributed by atoms with Crippen molar-refractivity contribution in [1.29, 1.82) is 0 Å². The summed E-state index contributed by atoms with van der Waals surface area (Å²) in [5, 5.41) is 6.70. The van der Waals surface area contributed by atoms with Gasteiger partial charge < -0.3 is 20.1 Å². The van der Waals surface area contributed by atoms with Crippen molar-refractivity contribution in [2.45, 2.75) is 58.8 Å². The summed E-state index contributed by atoms with van der Waals surface area (Å²) >= 11 is 0. The number of carbonyl (C=O) groups excluding carboxylic acids is 2. The second kappa shape index (κ2) is 14.2. The Morgan fingerprint density at radius 3 is 1.48 bits per heavy atom. The van der Waals surface area contributed by atoms with Gasteiger partial charge in [0.25, 0.3) is 0 Å². The Morgan fingerprint density at radius 1 is 0.697 bits per heavy atom. The zero-order chi connectivity index (χ0) is 24.1. The van der Waals surface area contributed by atoms with E-state index in [0.29, 0.717) is 17.5 Å². The van der Waals surface area contributed by atoms with Crippen molar-refractivity contribution in [3.05, 3.63) is 58.7 Å². The quantitative estimate of drug-likeness (QED) is 0.267. The van der Waals surface area contributed by atoms with Gasteiger partial charge in [-0.3, -0.25) is 0 Å². The van der Waals surface area contributed by atoms with Crippen LogP contribution in [-0.2, 0) is 15.9 Å². The first-order valence-corrected chi connectivity index (χ1v) is 11.9. The molecule has 0 aromatic heterocycles. The van der Waals surface area contributed by atoms with Crippen LogP contribution in [-0.4, -0.2) is 39.2 Å². The first kappa shape index (κ1) is 26.2. The molecule has 0 fully saturated rings. The number of unbranched alkanes of at least 4 members (excludes halogenated alkanes) is 4. The molecule has 2 rings (SSSR count). The topological polar surface area (TPSA) is 76.7 Å². The fraction of sp³-hybridized carbons (Fsp3) is 0.481. The van der Waals surface area contributed by atoms with Crippen LogP contribution in [0, 0.1) is 0 Å². The molecule has 180 valence electrons. The molecule has 0 saturated heterocycles. The van der Waals surface area contributed by atoms with Crippen LogP contribution in [0.1, 0.15) is 84.2 Å². The van der Waals surface area contributed by atoms with E-state index < -0.39 is 0 Å². The molecule has 0 spiro atoms. The average molecular weight is 455 g/mol. The minimum absolute atomic E-state index is 0.364. The maximum atomic E-state index is 12.4. The Morgan fingerprint density at radius 2 is 1.12 bits per heavy atom. The van der Waals surface area contributed by atoms with E-state index in [4.69, 9.17) is 9.47 Å². The monoisotopic (exact) mass is 454 g/mol. The molecule has 33 heavy (non-hydrogen) atoms. The van der Waals surface area contributed by atoms with Gasteiger partial charge in [0.05, 0.1) is 25.3 Å². The Bertz CT molecular complexity index is 837. The number of carbonyl (C=O) groups is 2. The molecule has 6 nitrogen and oxygen atoms in total. The summed E-state index contributed by atoms with van der Waals surface area (Å²) in [5.74, 6) is -0.728. The van der Waals surface area contributed by atoms with Gasteiger partial charge in [-0.15, -0.1) is 0 Å². The Kier molecular flexibility index (Phi) is 11.3. The molecule has 0 aliphatic heterocycles. The van der Waals surface area contributed by atoms with Gasteiger partial charge in [-0.05, 0) is 54.7 Å². The number of benzene rings is 2. The van der Waals surface area contributed by atoms with Crippen LogP contribution in [0.4, 0.5) is 11.4 Å². The van der Waals surface area contributed by atoms with Crippen LogP contribution in [0.3, 0.4) is 0 Å². The molecule has 0 saturated carbocycles. The minimum atomic E-state index is -0.364. The van der Waals surface area contributed by atoms with E-state index in [1.54, 1.807) is 0 Å². The first-order chi connectivity index (χ1) is 16.0. The fourth-order valence-electron chi connectivity index (χ4n) is 3.70. The Labute approximate surface area is 198 Å². The maximum Gasteiger partial charge on any atom is 0.339 e. The molecule has 0 amide bonds. The highest BCUT2D eigenvalue weighted by Crippen LogP contribution is 2.24. The standard InChI is InChI=1S/C27H38N2O4/c1-5-7-9-15-28-24-13-11-20(18-22(24)26(30)32-3)17-21-12-14-25(29-16-10-8-6-2)23(19-21)27(31)33-4/h11-14,18-19,28-29H,5-10,15-17H2,1-4H3. The fourth-order valence-corrected chi connectivity index (χ4v) is 3.70.